The van der Waals surface area contributed by atoms with Gasteiger partial charge in [-0.15, -0.1) is 0 Å². The SMILES string of the molecule is CC/C=C\C/C=C\C/C=C\C/C=C\C/C=C\C/C=C\C/C=C\CCCCCCCCCCCCCCCC(=O)OC(COC(=O)CCCCCCCCCCCCCCCCCCCCCCCCCCCCCC)COP(=O)(O)OCCN. The summed E-state index contributed by atoms with van der Waals surface area (Å²) in [5.41, 5.74) is 5.40. The Kier molecular flexibility index (Phi) is 67.0. The molecular weight excluding hydrogens is 1060 g/mol. The second-order valence-corrected chi connectivity index (χ2v) is 25.2. The second-order valence-electron chi connectivity index (χ2n) is 23.7. The minimum absolute atomic E-state index is 0.0524. The molecule has 0 aliphatic carbocycles. The number of ether oxygens (including phenoxy) is 2. The first-order valence-corrected chi connectivity index (χ1v) is 37.1. The quantitative estimate of drug-likeness (QED) is 0.0264. The minimum atomic E-state index is -4.40. The average molecular weight is 1200 g/mol. The maximum atomic E-state index is 12.8. The Hall–Kier alpha value is -2.81. The van der Waals surface area contributed by atoms with Gasteiger partial charge in [-0.1, -0.05) is 343 Å². The zero-order valence-electron chi connectivity index (χ0n) is 54.9. The van der Waals surface area contributed by atoms with Crippen LogP contribution in [0, 0.1) is 0 Å². The van der Waals surface area contributed by atoms with Crippen LogP contribution in [0.5, 0.6) is 0 Å². The van der Waals surface area contributed by atoms with Crippen molar-refractivity contribution in [3.8, 4) is 0 Å². The average Bonchev–Trinajstić information content (AvgIpc) is 3.58. The number of nitrogens with two attached hydrogens (primary N) is 1. The first-order chi connectivity index (χ1) is 41.3. The van der Waals surface area contributed by atoms with Crippen molar-refractivity contribution >= 4 is 19.8 Å². The lowest BCUT2D eigenvalue weighted by molar-refractivity contribution is -0.161. The third-order valence-electron chi connectivity index (χ3n) is 15.5. The molecule has 0 aromatic heterocycles. The van der Waals surface area contributed by atoms with Crippen LogP contribution in [0.25, 0.3) is 0 Å². The van der Waals surface area contributed by atoms with E-state index in [1.54, 1.807) is 0 Å². The molecule has 2 atom stereocenters. The molecule has 0 aromatic carbocycles. The number of phosphoric ester groups is 1. The molecule has 0 spiro atoms. The van der Waals surface area contributed by atoms with Crippen LogP contribution in [-0.2, 0) is 32.7 Å². The zero-order valence-corrected chi connectivity index (χ0v) is 55.8. The van der Waals surface area contributed by atoms with Gasteiger partial charge in [0.1, 0.15) is 6.61 Å². The topological polar surface area (TPSA) is 134 Å². The number of allylic oxidation sites excluding steroid dienone is 14. The van der Waals surface area contributed by atoms with Gasteiger partial charge in [-0.25, -0.2) is 4.57 Å². The molecule has 0 fully saturated rings. The largest absolute Gasteiger partial charge is 0.472 e. The number of hydrogen-bond acceptors (Lipinski definition) is 8. The summed E-state index contributed by atoms with van der Waals surface area (Å²) in [5.74, 6) is -0.815. The Bertz CT molecular complexity index is 1650. The molecule has 10 heteroatoms. The second kappa shape index (κ2) is 69.3. The van der Waals surface area contributed by atoms with E-state index >= 15 is 0 Å². The molecule has 0 radical (unpaired) electrons. The molecule has 0 saturated carbocycles. The van der Waals surface area contributed by atoms with E-state index in [0.29, 0.717) is 6.42 Å². The molecule has 9 nitrogen and oxygen atoms in total. The van der Waals surface area contributed by atoms with Crippen LogP contribution in [0.4, 0.5) is 0 Å². The van der Waals surface area contributed by atoms with Crippen molar-refractivity contribution in [2.45, 2.75) is 347 Å². The smallest absolute Gasteiger partial charge is 0.462 e. The number of esters is 2. The van der Waals surface area contributed by atoms with E-state index in [4.69, 9.17) is 24.3 Å². The first-order valence-electron chi connectivity index (χ1n) is 35.6. The van der Waals surface area contributed by atoms with Gasteiger partial charge >= 0.3 is 19.8 Å². The van der Waals surface area contributed by atoms with Gasteiger partial charge in [0.15, 0.2) is 6.10 Å². The van der Waals surface area contributed by atoms with E-state index < -0.39 is 26.5 Å². The zero-order chi connectivity index (χ0) is 60.9. The van der Waals surface area contributed by atoms with Crippen molar-refractivity contribution in [3.05, 3.63) is 85.1 Å². The fraction of sp³-hybridized carbons (Fsp3) is 0.784. The maximum absolute atomic E-state index is 12.8. The van der Waals surface area contributed by atoms with Gasteiger partial charge in [0, 0.05) is 19.4 Å². The van der Waals surface area contributed by atoms with Gasteiger partial charge in [-0.3, -0.25) is 18.6 Å². The fourth-order valence-corrected chi connectivity index (χ4v) is 11.1. The molecule has 3 N–H and O–H groups in total. The highest BCUT2D eigenvalue weighted by molar-refractivity contribution is 7.47. The van der Waals surface area contributed by atoms with E-state index in [1.165, 1.54) is 225 Å². The molecule has 0 amide bonds. The molecule has 0 saturated heterocycles. The third kappa shape index (κ3) is 68.3. The number of phosphoric acid groups is 1. The normalized spacial score (nSPS) is 13.4. The van der Waals surface area contributed by atoms with Crippen LogP contribution < -0.4 is 5.73 Å². The highest BCUT2D eigenvalue weighted by Gasteiger charge is 2.26. The van der Waals surface area contributed by atoms with Gasteiger partial charge in [-0.2, -0.15) is 0 Å². The Morgan fingerprint density at radius 3 is 0.976 bits per heavy atom. The van der Waals surface area contributed by atoms with Crippen molar-refractivity contribution < 1.29 is 37.6 Å². The molecular formula is C74H134NO8P. The lowest BCUT2D eigenvalue weighted by Gasteiger charge is -2.19. The van der Waals surface area contributed by atoms with Crippen LogP contribution in [0.3, 0.4) is 0 Å². The number of unbranched alkanes of at least 4 members (excludes halogenated alkanes) is 40. The van der Waals surface area contributed by atoms with Gasteiger partial charge in [0.05, 0.1) is 13.2 Å². The molecule has 488 valence electrons. The highest BCUT2D eigenvalue weighted by atomic mass is 31.2. The summed E-state index contributed by atoms with van der Waals surface area (Å²) in [7, 11) is -4.40. The van der Waals surface area contributed by atoms with Crippen molar-refractivity contribution in [3.63, 3.8) is 0 Å². The summed E-state index contributed by atoms with van der Waals surface area (Å²) < 4.78 is 33.2. The van der Waals surface area contributed by atoms with Crippen LogP contribution in [0.1, 0.15) is 341 Å². The van der Waals surface area contributed by atoms with E-state index in [-0.39, 0.29) is 38.6 Å². The summed E-state index contributed by atoms with van der Waals surface area (Å²) in [4.78, 5) is 35.4. The van der Waals surface area contributed by atoms with Crippen molar-refractivity contribution in [2.24, 2.45) is 5.73 Å². The summed E-state index contributed by atoms with van der Waals surface area (Å²) in [6.07, 6.45) is 92.5. The highest BCUT2D eigenvalue weighted by Crippen LogP contribution is 2.43. The predicted molar refractivity (Wildman–Crippen MR) is 362 cm³/mol. The lowest BCUT2D eigenvalue weighted by atomic mass is 10.0. The Labute approximate surface area is 519 Å². The van der Waals surface area contributed by atoms with Gasteiger partial charge in [0.2, 0.25) is 0 Å². The Balaban J connectivity index is 3.87. The molecule has 2 unspecified atom stereocenters. The predicted octanol–water partition coefficient (Wildman–Crippen LogP) is 23.4. The van der Waals surface area contributed by atoms with Crippen LogP contribution >= 0.6 is 7.82 Å². The molecule has 0 aliphatic heterocycles. The molecule has 0 rings (SSSR count). The molecule has 84 heavy (non-hydrogen) atoms. The third-order valence-corrected chi connectivity index (χ3v) is 16.5. The first kappa shape index (κ1) is 81.2. The van der Waals surface area contributed by atoms with Crippen molar-refractivity contribution in [2.75, 3.05) is 26.4 Å². The number of carbonyl (C=O) groups excluding carboxylic acids is 2. The molecule has 0 aliphatic rings. The van der Waals surface area contributed by atoms with Crippen molar-refractivity contribution in [1.29, 1.82) is 0 Å². The minimum Gasteiger partial charge on any atom is -0.462 e. The fourth-order valence-electron chi connectivity index (χ4n) is 10.3. The van der Waals surface area contributed by atoms with Crippen LogP contribution in [-0.4, -0.2) is 49.3 Å². The summed E-state index contributed by atoms with van der Waals surface area (Å²) >= 11 is 0. The van der Waals surface area contributed by atoms with E-state index in [9.17, 15) is 19.0 Å². The van der Waals surface area contributed by atoms with E-state index in [0.717, 1.165) is 83.5 Å². The summed E-state index contributed by atoms with van der Waals surface area (Å²) in [5, 5.41) is 0. The maximum Gasteiger partial charge on any atom is 0.472 e. The summed E-state index contributed by atoms with van der Waals surface area (Å²) in [6.45, 7) is 3.68. The molecule has 0 bridgehead atoms. The molecule has 0 heterocycles. The number of carbonyl (C=O) groups is 2. The van der Waals surface area contributed by atoms with Crippen molar-refractivity contribution in [1.82, 2.24) is 0 Å². The number of rotatable bonds is 67. The van der Waals surface area contributed by atoms with Gasteiger partial charge in [0.25, 0.3) is 0 Å². The van der Waals surface area contributed by atoms with Crippen LogP contribution in [0.15, 0.2) is 85.1 Å². The van der Waals surface area contributed by atoms with Gasteiger partial charge < -0.3 is 20.1 Å². The monoisotopic (exact) mass is 1200 g/mol. The van der Waals surface area contributed by atoms with E-state index in [1.807, 2.05) is 0 Å². The van der Waals surface area contributed by atoms with E-state index in [2.05, 4.69) is 98.9 Å². The molecule has 0 aromatic rings. The standard InChI is InChI=1S/C74H134NO8P/c1-3-5-7-9-11-13-15-17-19-21-23-25-27-29-31-33-34-35-36-37-38-39-41-43-45-47-49-51-53-55-57-59-61-63-65-67-74(77)83-72(71-82-84(78,79)81-69-68-75)70-80-73(76)66-64-62-60-58-56-54-52-50-48-46-44-42-40-32-30-28-26-24-22-20-18-16-14-12-10-8-6-4-2/h5,7,11,13,17,19,23,25,29,31,34-35,37-38,72H,3-4,6,8-10,12,14-16,18,20-22,24,26-28,30,32-33,36,39-71,75H2,1-2H3,(H,78,79)/b7-5-,13-11-,19-17-,25-23-,31-29-,35-34-,38-37-. The summed E-state index contributed by atoms with van der Waals surface area (Å²) in [6, 6.07) is 0. The lowest BCUT2D eigenvalue weighted by Crippen LogP contribution is -2.29. The van der Waals surface area contributed by atoms with Crippen LogP contribution in [0.2, 0.25) is 0 Å². The Morgan fingerprint density at radius 1 is 0.369 bits per heavy atom. The van der Waals surface area contributed by atoms with Gasteiger partial charge in [-0.05, 0) is 70.6 Å². The Morgan fingerprint density at radius 2 is 0.655 bits per heavy atom. The number of hydrogen-bond donors (Lipinski definition) is 2.